The van der Waals surface area contributed by atoms with Gasteiger partial charge in [0.1, 0.15) is 0 Å². The Morgan fingerprint density at radius 3 is 1.80 bits per heavy atom. The fourth-order valence-electron chi connectivity index (χ4n) is 3.97. The first kappa shape index (κ1) is 21.0. The van der Waals surface area contributed by atoms with E-state index in [-0.39, 0.29) is 0 Å². The molecule has 4 rings (SSSR count). The van der Waals surface area contributed by atoms with Crippen molar-refractivity contribution < 1.29 is 17.9 Å². The van der Waals surface area contributed by atoms with Crippen molar-refractivity contribution in [3.05, 3.63) is 72.1 Å². The largest absolute Gasteiger partial charge is 0.361 e. The number of nitrogens with one attached hydrogen (secondary N) is 3. The Morgan fingerprint density at radius 1 is 0.800 bits per heavy atom. The van der Waals surface area contributed by atoms with Crippen molar-refractivity contribution in [2.45, 2.75) is 12.8 Å². The maximum absolute atomic E-state index is 11.1. The van der Waals surface area contributed by atoms with E-state index in [0.717, 1.165) is 37.0 Å². The molecule has 0 saturated heterocycles. The van der Waals surface area contributed by atoms with Crippen molar-refractivity contribution in [3.8, 4) is 0 Å². The highest BCUT2D eigenvalue weighted by molar-refractivity contribution is 8.69. The average Bonchev–Trinajstić information content (AvgIpc) is 3.33. The zero-order valence-corrected chi connectivity index (χ0v) is 18.2. The summed E-state index contributed by atoms with van der Waals surface area (Å²) in [6.07, 6.45) is 5.94. The number of quaternary nitrogens is 1. The lowest BCUT2D eigenvalue weighted by Gasteiger charge is -2.19. The van der Waals surface area contributed by atoms with Gasteiger partial charge in [-0.15, -0.1) is 0 Å². The number of benzene rings is 2. The quantitative estimate of drug-likeness (QED) is 0.224. The van der Waals surface area contributed by atoms with Gasteiger partial charge in [-0.3, -0.25) is 4.55 Å². The molecule has 30 heavy (non-hydrogen) atoms. The summed E-state index contributed by atoms with van der Waals surface area (Å²) in [6.45, 7) is 2.47. The number of rotatable bonds is 10. The minimum Gasteiger partial charge on any atom is -0.361 e. The molecule has 6 nitrogen and oxygen atoms in total. The standard InChI is InChI=1S/C22H25N3O3S2/c26-30(27,28)29-14-13-25(11-9-17-15-23-21-7-3-1-5-19(17)21)12-10-18-16-24-22-8-4-2-6-20(18)22/h1-8,15-16,23-24H,9-14H2,(H,26,27,28)/p+1. The molecule has 8 heteroatoms. The van der Waals surface area contributed by atoms with Gasteiger partial charge in [0.05, 0.1) is 25.4 Å². The lowest BCUT2D eigenvalue weighted by molar-refractivity contribution is -0.897. The highest BCUT2D eigenvalue weighted by atomic mass is 33.1. The molecule has 0 fully saturated rings. The second-order valence-corrected chi connectivity index (χ2v) is 10.9. The van der Waals surface area contributed by atoms with Crippen molar-refractivity contribution in [2.24, 2.45) is 0 Å². The molecule has 0 spiro atoms. The van der Waals surface area contributed by atoms with Crippen molar-refractivity contribution in [1.29, 1.82) is 0 Å². The Balaban J connectivity index is 1.43. The van der Waals surface area contributed by atoms with Gasteiger partial charge in [-0.25, -0.2) is 0 Å². The van der Waals surface area contributed by atoms with Crippen LogP contribution in [0, 0.1) is 0 Å². The second kappa shape index (κ2) is 9.26. The SMILES string of the molecule is O=S(=O)(O)SCC[NH+](CCc1c[nH]c2ccccc12)CCc1c[nH]c2ccccc12. The minimum absolute atomic E-state index is 0.371. The summed E-state index contributed by atoms with van der Waals surface area (Å²) < 4.78 is 31.2. The van der Waals surface area contributed by atoms with Gasteiger partial charge in [0.25, 0.3) is 0 Å². The Hall–Kier alpha value is -2.26. The Kier molecular flexibility index (Phi) is 6.48. The normalized spacial score (nSPS) is 12.3. The fraction of sp³-hybridized carbons (Fsp3) is 0.273. The molecule has 0 saturated carbocycles. The van der Waals surface area contributed by atoms with Gasteiger partial charge in [-0.2, -0.15) is 8.42 Å². The Bertz CT molecular complexity index is 1150. The molecule has 0 unspecified atom stereocenters. The number of aromatic nitrogens is 2. The summed E-state index contributed by atoms with van der Waals surface area (Å²) in [6, 6.07) is 16.5. The van der Waals surface area contributed by atoms with E-state index in [4.69, 9.17) is 4.55 Å². The first-order valence-electron chi connectivity index (χ1n) is 10.0. The van der Waals surface area contributed by atoms with Crippen molar-refractivity contribution in [1.82, 2.24) is 9.97 Å². The van der Waals surface area contributed by atoms with Crippen LogP contribution >= 0.6 is 10.8 Å². The molecule has 2 aromatic carbocycles. The van der Waals surface area contributed by atoms with Crippen LogP contribution in [0.5, 0.6) is 0 Å². The Labute approximate surface area is 179 Å². The summed E-state index contributed by atoms with van der Waals surface area (Å²) in [7, 11) is -3.39. The lowest BCUT2D eigenvalue weighted by Crippen LogP contribution is -3.13. The predicted octanol–water partition coefficient (Wildman–Crippen LogP) is 2.86. The van der Waals surface area contributed by atoms with Crippen LogP contribution in [0.2, 0.25) is 0 Å². The van der Waals surface area contributed by atoms with Gasteiger partial charge in [0.2, 0.25) is 0 Å². The number of hydrogen-bond acceptors (Lipinski definition) is 3. The monoisotopic (exact) mass is 444 g/mol. The first-order valence-corrected chi connectivity index (χ1v) is 13.0. The average molecular weight is 445 g/mol. The van der Waals surface area contributed by atoms with E-state index in [1.54, 1.807) is 0 Å². The number of hydrogen-bond donors (Lipinski definition) is 4. The van der Waals surface area contributed by atoms with Crippen molar-refractivity contribution in [2.75, 3.05) is 25.4 Å². The highest BCUT2D eigenvalue weighted by Gasteiger charge is 2.15. The molecular weight excluding hydrogens is 418 g/mol. The van der Waals surface area contributed by atoms with Crippen molar-refractivity contribution in [3.63, 3.8) is 0 Å². The van der Waals surface area contributed by atoms with E-state index in [1.165, 1.54) is 26.8 Å². The molecule has 0 bridgehead atoms. The molecule has 4 aromatic rings. The van der Waals surface area contributed by atoms with E-state index in [0.29, 0.717) is 23.1 Å². The maximum atomic E-state index is 11.1. The van der Waals surface area contributed by atoms with E-state index >= 15 is 0 Å². The molecule has 0 radical (unpaired) electrons. The third-order valence-electron chi connectivity index (χ3n) is 5.53. The van der Waals surface area contributed by atoms with Gasteiger partial charge in [-0.1, -0.05) is 36.4 Å². The molecule has 0 aliphatic rings. The summed E-state index contributed by atoms with van der Waals surface area (Å²) in [5.74, 6) is 0.371. The molecule has 158 valence electrons. The smallest absolute Gasteiger partial charge is 0.319 e. The van der Waals surface area contributed by atoms with Crippen LogP contribution in [0.25, 0.3) is 21.8 Å². The van der Waals surface area contributed by atoms with Crippen LogP contribution in [-0.4, -0.2) is 48.3 Å². The van der Waals surface area contributed by atoms with Crippen LogP contribution in [0.3, 0.4) is 0 Å². The van der Waals surface area contributed by atoms with Gasteiger partial charge < -0.3 is 14.9 Å². The van der Waals surface area contributed by atoms with E-state index in [9.17, 15) is 8.42 Å². The molecule has 0 amide bonds. The van der Waals surface area contributed by atoms with E-state index < -0.39 is 9.15 Å². The van der Waals surface area contributed by atoms with Crippen LogP contribution in [0.1, 0.15) is 11.1 Å². The van der Waals surface area contributed by atoms with Crippen LogP contribution in [0.4, 0.5) is 0 Å². The number of fused-ring (bicyclic) bond motifs is 2. The van der Waals surface area contributed by atoms with Gasteiger partial charge >= 0.3 is 9.15 Å². The van der Waals surface area contributed by atoms with Crippen molar-refractivity contribution >= 4 is 41.7 Å². The first-order chi connectivity index (χ1) is 14.5. The van der Waals surface area contributed by atoms with Crippen LogP contribution in [-0.2, 0) is 22.0 Å². The molecule has 2 aromatic heterocycles. The van der Waals surface area contributed by atoms with Crippen LogP contribution in [0.15, 0.2) is 60.9 Å². The summed E-state index contributed by atoms with van der Waals surface area (Å²) >= 11 is 0. The summed E-state index contributed by atoms with van der Waals surface area (Å²) in [4.78, 5) is 7.96. The Morgan fingerprint density at radius 2 is 1.30 bits per heavy atom. The number of para-hydroxylation sites is 2. The zero-order valence-electron chi connectivity index (χ0n) is 16.6. The number of aromatic amines is 2. The maximum Gasteiger partial charge on any atom is 0.319 e. The molecule has 0 atom stereocenters. The minimum atomic E-state index is -4.00. The van der Waals surface area contributed by atoms with E-state index in [2.05, 4.69) is 46.6 Å². The molecule has 4 N–H and O–H groups in total. The molecule has 2 heterocycles. The van der Waals surface area contributed by atoms with Gasteiger partial charge in [0.15, 0.2) is 0 Å². The van der Waals surface area contributed by atoms with E-state index in [1.807, 2.05) is 24.3 Å². The zero-order chi connectivity index (χ0) is 21.0. The lowest BCUT2D eigenvalue weighted by atomic mass is 10.1. The summed E-state index contributed by atoms with van der Waals surface area (Å²) in [5, 5.41) is 2.47. The predicted molar refractivity (Wildman–Crippen MR) is 124 cm³/mol. The fourth-order valence-corrected chi connectivity index (χ4v) is 5.43. The molecule has 0 aliphatic heterocycles. The second-order valence-electron chi connectivity index (χ2n) is 7.47. The van der Waals surface area contributed by atoms with Gasteiger partial charge in [0, 0.05) is 57.8 Å². The molecule has 0 aliphatic carbocycles. The molecular formula is C22H26N3O3S2+. The summed E-state index contributed by atoms with van der Waals surface area (Å²) in [5.41, 5.74) is 4.82. The highest BCUT2D eigenvalue weighted by Crippen LogP contribution is 2.18. The third kappa shape index (κ3) is 5.26. The third-order valence-corrected chi connectivity index (χ3v) is 7.60. The topological polar surface area (TPSA) is 90.4 Å². The number of H-pyrrole nitrogens is 2. The van der Waals surface area contributed by atoms with Gasteiger partial charge in [-0.05, 0) is 23.3 Å². The van der Waals surface area contributed by atoms with Crippen LogP contribution < -0.4 is 4.90 Å².